The minimum atomic E-state index is -1.35. The van der Waals surface area contributed by atoms with Crippen LogP contribution in [0.2, 0.25) is 0 Å². The highest BCUT2D eigenvalue weighted by molar-refractivity contribution is 5.81. The molecule has 0 radical (unpaired) electrons. The Hall–Kier alpha value is -1.30. The van der Waals surface area contributed by atoms with E-state index in [1.54, 1.807) is 6.92 Å². The first-order valence-electron chi connectivity index (χ1n) is 3.94. The van der Waals surface area contributed by atoms with Gasteiger partial charge in [0.15, 0.2) is 6.10 Å². The second-order valence-electron chi connectivity index (χ2n) is 2.58. The molecular formula is C7H14N2O4. The maximum atomic E-state index is 11.0. The van der Waals surface area contributed by atoms with Crippen LogP contribution >= 0.6 is 0 Å². The van der Waals surface area contributed by atoms with E-state index < -0.39 is 24.1 Å². The van der Waals surface area contributed by atoms with Gasteiger partial charge in [-0.25, -0.2) is 4.79 Å². The summed E-state index contributed by atoms with van der Waals surface area (Å²) in [6.07, 6.45) is -2.62. The van der Waals surface area contributed by atoms with Crippen molar-refractivity contribution in [1.82, 2.24) is 10.6 Å². The van der Waals surface area contributed by atoms with E-state index in [1.807, 2.05) is 5.32 Å². The minimum absolute atomic E-state index is 0.398. The number of likely N-dealkylation sites (N-methyl/N-ethyl adjacent to an activating group) is 1. The Bertz CT molecular complexity index is 195. The SMILES string of the molecule is CCNC(=O)[C@H](O)[C@H](C)NC(=O)O. The quantitative estimate of drug-likeness (QED) is 0.463. The van der Waals surface area contributed by atoms with Gasteiger partial charge in [0, 0.05) is 6.54 Å². The van der Waals surface area contributed by atoms with Gasteiger partial charge in [0.2, 0.25) is 0 Å². The Morgan fingerprint density at radius 1 is 1.46 bits per heavy atom. The molecule has 0 spiro atoms. The van der Waals surface area contributed by atoms with Crippen molar-refractivity contribution in [1.29, 1.82) is 0 Å². The van der Waals surface area contributed by atoms with E-state index >= 15 is 0 Å². The monoisotopic (exact) mass is 190 g/mol. The number of carbonyl (C=O) groups excluding carboxylic acids is 1. The van der Waals surface area contributed by atoms with Crippen LogP contribution < -0.4 is 10.6 Å². The highest BCUT2D eigenvalue weighted by Gasteiger charge is 2.22. The lowest BCUT2D eigenvalue weighted by atomic mass is 10.2. The third kappa shape index (κ3) is 4.32. The first kappa shape index (κ1) is 11.7. The fourth-order valence-electron chi connectivity index (χ4n) is 0.780. The van der Waals surface area contributed by atoms with E-state index in [4.69, 9.17) is 5.11 Å². The lowest BCUT2D eigenvalue weighted by Gasteiger charge is -2.17. The van der Waals surface area contributed by atoms with Gasteiger partial charge in [-0.2, -0.15) is 0 Å². The van der Waals surface area contributed by atoms with Crippen LogP contribution in [0, 0.1) is 0 Å². The molecular weight excluding hydrogens is 176 g/mol. The topological polar surface area (TPSA) is 98.7 Å². The van der Waals surface area contributed by atoms with Gasteiger partial charge in [0.05, 0.1) is 6.04 Å². The van der Waals surface area contributed by atoms with Crippen molar-refractivity contribution in [2.45, 2.75) is 26.0 Å². The molecule has 76 valence electrons. The van der Waals surface area contributed by atoms with Crippen LogP contribution in [-0.2, 0) is 4.79 Å². The summed E-state index contributed by atoms with van der Waals surface area (Å²) in [5, 5.41) is 21.9. The lowest BCUT2D eigenvalue weighted by molar-refractivity contribution is -0.130. The molecule has 0 fully saturated rings. The molecule has 6 heteroatoms. The lowest BCUT2D eigenvalue weighted by Crippen LogP contribution is -2.48. The zero-order valence-electron chi connectivity index (χ0n) is 7.57. The predicted molar refractivity (Wildman–Crippen MR) is 45.3 cm³/mol. The number of carbonyl (C=O) groups is 2. The fraction of sp³-hybridized carbons (Fsp3) is 0.714. The first-order chi connectivity index (χ1) is 5.99. The molecule has 0 aromatic rings. The van der Waals surface area contributed by atoms with E-state index in [2.05, 4.69) is 5.32 Å². The summed E-state index contributed by atoms with van der Waals surface area (Å²) < 4.78 is 0. The summed E-state index contributed by atoms with van der Waals surface area (Å²) in [5.74, 6) is -0.580. The third-order valence-electron chi connectivity index (χ3n) is 1.44. The van der Waals surface area contributed by atoms with Crippen molar-refractivity contribution in [3.8, 4) is 0 Å². The van der Waals surface area contributed by atoms with Gasteiger partial charge in [-0.3, -0.25) is 4.79 Å². The van der Waals surface area contributed by atoms with Gasteiger partial charge in [-0.1, -0.05) is 0 Å². The summed E-state index contributed by atoms with van der Waals surface area (Å²) in [6, 6.07) is -0.816. The second kappa shape index (κ2) is 5.36. The molecule has 13 heavy (non-hydrogen) atoms. The van der Waals surface area contributed by atoms with Crippen LogP contribution in [0.3, 0.4) is 0 Å². The van der Waals surface area contributed by atoms with Crippen LogP contribution in [-0.4, -0.2) is 40.9 Å². The number of amides is 2. The van der Waals surface area contributed by atoms with Crippen molar-refractivity contribution in [2.24, 2.45) is 0 Å². The van der Waals surface area contributed by atoms with Crippen molar-refractivity contribution in [3.05, 3.63) is 0 Å². The largest absolute Gasteiger partial charge is 0.465 e. The highest BCUT2D eigenvalue weighted by atomic mass is 16.4. The van der Waals surface area contributed by atoms with Gasteiger partial charge in [-0.05, 0) is 13.8 Å². The molecule has 0 aromatic carbocycles. The Kier molecular flexibility index (Phi) is 4.83. The molecule has 2 atom stereocenters. The Balaban J connectivity index is 4.00. The smallest absolute Gasteiger partial charge is 0.404 e. The minimum Gasteiger partial charge on any atom is -0.465 e. The summed E-state index contributed by atoms with van der Waals surface area (Å²) in [7, 11) is 0. The average Bonchev–Trinajstić information content (AvgIpc) is 2.02. The summed E-state index contributed by atoms with van der Waals surface area (Å²) in [5.41, 5.74) is 0. The fourth-order valence-corrected chi connectivity index (χ4v) is 0.780. The number of aliphatic hydroxyl groups is 1. The van der Waals surface area contributed by atoms with Crippen molar-refractivity contribution < 1.29 is 19.8 Å². The Labute approximate surface area is 75.9 Å². The molecule has 6 nitrogen and oxygen atoms in total. The van der Waals surface area contributed by atoms with Gasteiger partial charge < -0.3 is 20.8 Å². The highest BCUT2D eigenvalue weighted by Crippen LogP contribution is 1.92. The summed E-state index contributed by atoms with van der Waals surface area (Å²) in [6.45, 7) is 3.52. The molecule has 4 N–H and O–H groups in total. The predicted octanol–water partition coefficient (Wildman–Crippen LogP) is -0.860. The van der Waals surface area contributed by atoms with Crippen LogP contribution in [0.1, 0.15) is 13.8 Å². The maximum absolute atomic E-state index is 11.0. The number of rotatable bonds is 4. The first-order valence-corrected chi connectivity index (χ1v) is 3.94. The van der Waals surface area contributed by atoms with Gasteiger partial charge in [-0.15, -0.1) is 0 Å². The number of aliphatic hydroxyl groups excluding tert-OH is 1. The number of hydrogen-bond acceptors (Lipinski definition) is 3. The average molecular weight is 190 g/mol. The normalized spacial score (nSPS) is 14.4. The molecule has 0 aliphatic carbocycles. The molecule has 0 saturated carbocycles. The van der Waals surface area contributed by atoms with Gasteiger partial charge in [0.1, 0.15) is 0 Å². The number of hydrogen-bond donors (Lipinski definition) is 4. The standard InChI is InChI=1S/C7H14N2O4/c1-3-8-6(11)5(10)4(2)9-7(12)13/h4-5,9-10H,3H2,1-2H3,(H,8,11)(H,12,13)/t4-,5+/m0/s1. The summed E-state index contributed by atoms with van der Waals surface area (Å²) in [4.78, 5) is 21.1. The summed E-state index contributed by atoms with van der Waals surface area (Å²) >= 11 is 0. The zero-order chi connectivity index (χ0) is 10.4. The molecule has 2 amide bonds. The van der Waals surface area contributed by atoms with Crippen LogP contribution in [0.25, 0.3) is 0 Å². The zero-order valence-corrected chi connectivity index (χ0v) is 7.57. The Morgan fingerprint density at radius 3 is 2.38 bits per heavy atom. The van der Waals surface area contributed by atoms with Crippen LogP contribution in [0.4, 0.5) is 4.79 Å². The van der Waals surface area contributed by atoms with E-state index in [0.29, 0.717) is 6.54 Å². The maximum Gasteiger partial charge on any atom is 0.404 e. The molecule has 0 rings (SSSR count). The van der Waals surface area contributed by atoms with E-state index in [1.165, 1.54) is 6.92 Å². The molecule has 0 aliphatic rings. The molecule has 0 unspecified atom stereocenters. The molecule has 0 bridgehead atoms. The van der Waals surface area contributed by atoms with Gasteiger partial charge >= 0.3 is 6.09 Å². The van der Waals surface area contributed by atoms with E-state index in [-0.39, 0.29) is 0 Å². The number of nitrogens with one attached hydrogen (secondary N) is 2. The second-order valence-corrected chi connectivity index (χ2v) is 2.58. The van der Waals surface area contributed by atoms with Crippen molar-refractivity contribution in [2.75, 3.05) is 6.54 Å². The molecule has 0 saturated heterocycles. The van der Waals surface area contributed by atoms with Crippen LogP contribution in [0.15, 0.2) is 0 Å². The van der Waals surface area contributed by atoms with Gasteiger partial charge in [0.25, 0.3) is 5.91 Å². The van der Waals surface area contributed by atoms with E-state index in [0.717, 1.165) is 0 Å². The van der Waals surface area contributed by atoms with Crippen molar-refractivity contribution in [3.63, 3.8) is 0 Å². The Morgan fingerprint density at radius 2 is 2.00 bits per heavy atom. The number of carboxylic acid groups (broad SMARTS) is 1. The third-order valence-corrected chi connectivity index (χ3v) is 1.44. The molecule has 0 aromatic heterocycles. The van der Waals surface area contributed by atoms with E-state index in [9.17, 15) is 14.7 Å². The molecule has 0 aliphatic heterocycles. The van der Waals surface area contributed by atoms with Crippen LogP contribution in [0.5, 0.6) is 0 Å². The van der Waals surface area contributed by atoms with Crippen molar-refractivity contribution >= 4 is 12.0 Å². The molecule has 0 heterocycles.